The number of nitrogen functional groups attached to an aromatic ring is 1. The molecular weight excluding hydrogens is 217 g/mol. The summed E-state index contributed by atoms with van der Waals surface area (Å²) in [5.74, 6) is 0.136. The van der Waals surface area contributed by atoms with Crippen LogP contribution in [0.3, 0.4) is 0 Å². The van der Waals surface area contributed by atoms with E-state index in [2.05, 4.69) is 4.98 Å². The van der Waals surface area contributed by atoms with Crippen LogP contribution in [-0.4, -0.2) is 4.98 Å². The lowest BCUT2D eigenvalue weighted by Crippen LogP contribution is -2.10. The highest BCUT2D eigenvalue weighted by Gasteiger charge is 2.35. The highest BCUT2D eigenvalue weighted by molar-refractivity contribution is 5.47. The number of pyridine rings is 1. The SMILES string of the molecule is CC.Nc1ccc(C(F)(F)F)nc1C1CC1. The van der Waals surface area contributed by atoms with Crippen LogP contribution < -0.4 is 5.73 Å². The normalized spacial score (nSPS) is 15.3. The van der Waals surface area contributed by atoms with E-state index < -0.39 is 11.9 Å². The number of nitrogens with zero attached hydrogens (tertiary/aromatic N) is 1. The Labute approximate surface area is 92.7 Å². The summed E-state index contributed by atoms with van der Waals surface area (Å²) in [6.07, 6.45) is -2.60. The first-order chi connectivity index (χ1) is 7.48. The van der Waals surface area contributed by atoms with Crippen LogP contribution in [-0.2, 0) is 6.18 Å². The molecular formula is C11H15F3N2. The number of hydrogen-bond donors (Lipinski definition) is 1. The van der Waals surface area contributed by atoms with Gasteiger partial charge in [-0.15, -0.1) is 0 Å². The first kappa shape index (κ1) is 12.8. The van der Waals surface area contributed by atoms with Gasteiger partial charge in [0.15, 0.2) is 0 Å². The van der Waals surface area contributed by atoms with Crippen molar-refractivity contribution in [3.63, 3.8) is 0 Å². The lowest BCUT2D eigenvalue weighted by atomic mass is 10.2. The molecule has 0 aromatic carbocycles. The van der Waals surface area contributed by atoms with E-state index in [-0.39, 0.29) is 5.92 Å². The van der Waals surface area contributed by atoms with Crippen LogP contribution in [0.15, 0.2) is 12.1 Å². The van der Waals surface area contributed by atoms with Crippen LogP contribution in [0.1, 0.15) is 44.0 Å². The van der Waals surface area contributed by atoms with Gasteiger partial charge < -0.3 is 5.73 Å². The van der Waals surface area contributed by atoms with Gasteiger partial charge in [-0.3, -0.25) is 0 Å². The summed E-state index contributed by atoms with van der Waals surface area (Å²) < 4.78 is 36.8. The quantitative estimate of drug-likeness (QED) is 0.803. The van der Waals surface area contributed by atoms with Crippen molar-refractivity contribution in [1.82, 2.24) is 4.98 Å². The van der Waals surface area contributed by atoms with Crippen LogP contribution in [0.5, 0.6) is 0 Å². The molecule has 0 spiro atoms. The molecule has 16 heavy (non-hydrogen) atoms. The van der Waals surface area contributed by atoms with Crippen molar-refractivity contribution in [3.05, 3.63) is 23.5 Å². The molecule has 0 bridgehead atoms. The molecule has 2 nitrogen and oxygen atoms in total. The average molecular weight is 232 g/mol. The topological polar surface area (TPSA) is 38.9 Å². The predicted molar refractivity (Wildman–Crippen MR) is 57.0 cm³/mol. The molecule has 1 aromatic heterocycles. The van der Waals surface area contributed by atoms with Gasteiger partial charge in [-0.05, 0) is 25.0 Å². The molecule has 5 heteroatoms. The van der Waals surface area contributed by atoms with Crippen molar-refractivity contribution < 1.29 is 13.2 Å². The third kappa shape index (κ3) is 2.87. The molecule has 0 amide bonds. The molecule has 1 fully saturated rings. The lowest BCUT2D eigenvalue weighted by Gasteiger charge is -2.09. The molecule has 90 valence electrons. The lowest BCUT2D eigenvalue weighted by molar-refractivity contribution is -0.141. The van der Waals surface area contributed by atoms with Gasteiger partial charge in [0.1, 0.15) is 5.69 Å². The number of aromatic nitrogens is 1. The Morgan fingerprint density at radius 3 is 2.25 bits per heavy atom. The standard InChI is InChI=1S/C9H9F3N2.C2H6/c10-9(11,12)7-4-3-6(13)8(14-7)5-1-2-5;1-2/h3-5H,1-2,13H2;1-2H3. The third-order valence-corrected chi connectivity index (χ3v) is 2.21. The zero-order chi connectivity index (χ0) is 12.3. The van der Waals surface area contributed by atoms with E-state index in [1.165, 1.54) is 6.07 Å². The van der Waals surface area contributed by atoms with Crippen molar-refractivity contribution in [2.75, 3.05) is 5.73 Å². The second-order valence-corrected chi connectivity index (χ2v) is 3.44. The molecule has 1 aliphatic carbocycles. The summed E-state index contributed by atoms with van der Waals surface area (Å²) in [4.78, 5) is 3.56. The van der Waals surface area contributed by atoms with Crippen LogP contribution in [0.2, 0.25) is 0 Å². The van der Waals surface area contributed by atoms with E-state index >= 15 is 0 Å². The zero-order valence-electron chi connectivity index (χ0n) is 9.30. The van der Waals surface area contributed by atoms with Crippen LogP contribution in [0, 0.1) is 0 Å². The van der Waals surface area contributed by atoms with E-state index in [0.717, 1.165) is 18.9 Å². The van der Waals surface area contributed by atoms with Gasteiger partial charge in [0.25, 0.3) is 0 Å². The maximum atomic E-state index is 12.3. The Balaban J connectivity index is 0.000000606. The van der Waals surface area contributed by atoms with Gasteiger partial charge in [-0.25, -0.2) is 4.98 Å². The molecule has 2 rings (SSSR count). The fourth-order valence-corrected chi connectivity index (χ4v) is 1.33. The van der Waals surface area contributed by atoms with Crippen molar-refractivity contribution in [3.8, 4) is 0 Å². The number of alkyl halides is 3. The van der Waals surface area contributed by atoms with E-state index in [0.29, 0.717) is 11.4 Å². The minimum absolute atomic E-state index is 0.136. The molecule has 0 unspecified atom stereocenters. The summed E-state index contributed by atoms with van der Waals surface area (Å²) in [7, 11) is 0. The van der Waals surface area contributed by atoms with Crippen LogP contribution >= 0.6 is 0 Å². The Kier molecular flexibility index (Phi) is 3.78. The summed E-state index contributed by atoms with van der Waals surface area (Å²) in [5.41, 5.74) is 5.45. The van der Waals surface area contributed by atoms with Crippen LogP contribution in [0.4, 0.5) is 18.9 Å². The van der Waals surface area contributed by atoms with E-state index in [4.69, 9.17) is 5.73 Å². The third-order valence-electron chi connectivity index (χ3n) is 2.21. The van der Waals surface area contributed by atoms with E-state index in [9.17, 15) is 13.2 Å². The Morgan fingerprint density at radius 2 is 1.81 bits per heavy atom. The molecule has 1 aliphatic rings. The highest BCUT2D eigenvalue weighted by atomic mass is 19.4. The van der Waals surface area contributed by atoms with Crippen molar-refractivity contribution in [2.45, 2.75) is 38.8 Å². The Bertz CT molecular complexity index is 357. The molecule has 0 atom stereocenters. The van der Waals surface area contributed by atoms with E-state index in [1.54, 1.807) is 0 Å². The largest absolute Gasteiger partial charge is 0.433 e. The smallest absolute Gasteiger partial charge is 0.397 e. The first-order valence-corrected chi connectivity index (χ1v) is 5.32. The minimum atomic E-state index is -4.38. The van der Waals surface area contributed by atoms with Gasteiger partial charge in [-0.2, -0.15) is 13.2 Å². The second kappa shape index (κ2) is 4.72. The minimum Gasteiger partial charge on any atom is -0.397 e. The maximum Gasteiger partial charge on any atom is 0.433 e. The van der Waals surface area contributed by atoms with Crippen molar-refractivity contribution in [2.24, 2.45) is 0 Å². The van der Waals surface area contributed by atoms with E-state index in [1.807, 2.05) is 13.8 Å². The van der Waals surface area contributed by atoms with Gasteiger partial charge in [0.2, 0.25) is 0 Å². The number of anilines is 1. The molecule has 0 saturated heterocycles. The summed E-state index contributed by atoms with van der Waals surface area (Å²) >= 11 is 0. The van der Waals surface area contributed by atoms with Gasteiger partial charge in [0.05, 0.1) is 11.4 Å². The molecule has 2 N–H and O–H groups in total. The summed E-state index contributed by atoms with van der Waals surface area (Å²) in [6, 6.07) is 2.20. The summed E-state index contributed by atoms with van der Waals surface area (Å²) in [6.45, 7) is 4.00. The van der Waals surface area contributed by atoms with Crippen molar-refractivity contribution in [1.29, 1.82) is 0 Å². The van der Waals surface area contributed by atoms with Crippen molar-refractivity contribution >= 4 is 5.69 Å². The predicted octanol–water partition coefficient (Wildman–Crippen LogP) is 3.59. The van der Waals surface area contributed by atoms with Gasteiger partial charge >= 0.3 is 6.18 Å². The summed E-state index contributed by atoms with van der Waals surface area (Å²) in [5, 5.41) is 0. The molecule has 1 heterocycles. The Morgan fingerprint density at radius 1 is 1.25 bits per heavy atom. The van der Waals surface area contributed by atoms with Crippen LogP contribution in [0.25, 0.3) is 0 Å². The average Bonchev–Trinajstić information content (AvgIpc) is 3.03. The Hall–Kier alpha value is -1.26. The number of halogens is 3. The number of rotatable bonds is 1. The molecule has 0 aliphatic heterocycles. The second-order valence-electron chi connectivity index (χ2n) is 3.44. The highest BCUT2D eigenvalue weighted by Crippen LogP contribution is 2.42. The molecule has 1 aromatic rings. The number of hydrogen-bond acceptors (Lipinski definition) is 2. The maximum absolute atomic E-state index is 12.3. The molecule has 0 radical (unpaired) electrons. The van der Waals surface area contributed by atoms with Gasteiger partial charge in [-0.1, -0.05) is 13.8 Å². The first-order valence-electron chi connectivity index (χ1n) is 5.32. The fraction of sp³-hybridized carbons (Fsp3) is 0.545. The fourth-order valence-electron chi connectivity index (χ4n) is 1.33. The number of nitrogens with two attached hydrogens (primary N) is 1. The monoisotopic (exact) mass is 232 g/mol. The molecule has 1 saturated carbocycles. The van der Waals surface area contributed by atoms with Gasteiger partial charge in [0, 0.05) is 5.92 Å². The zero-order valence-corrected chi connectivity index (χ0v) is 9.30.